The zero-order valence-electron chi connectivity index (χ0n) is 13.1. The molecular formula is C18H23ClN2O. The summed E-state index contributed by atoms with van der Waals surface area (Å²) < 4.78 is 0. The Morgan fingerprint density at radius 3 is 2.32 bits per heavy atom. The highest BCUT2D eigenvalue weighted by Gasteiger charge is 2.15. The fourth-order valence-electron chi connectivity index (χ4n) is 2.27. The van der Waals surface area contributed by atoms with Crippen molar-refractivity contribution in [3.05, 3.63) is 70.8 Å². The maximum Gasteiger partial charge on any atom is 0.254 e. The highest BCUT2D eigenvalue weighted by Crippen LogP contribution is 2.14. The number of benzene rings is 2. The van der Waals surface area contributed by atoms with Crippen LogP contribution in [0.2, 0.25) is 0 Å². The van der Waals surface area contributed by atoms with Crippen LogP contribution in [0.3, 0.4) is 0 Å². The minimum atomic E-state index is 0. The summed E-state index contributed by atoms with van der Waals surface area (Å²) in [5, 5.41) is 0. The zero-order valence-corrected chi connectivity index (χ0v) is 13.9. The van der Waals surface area contributed by atoms with Crippen LogP contribution < -0.4 is 5.73 Å². The van der Waals surface area contributed by atoms with Gasteiger partial charge in [0.25, 0.3) is 5.91 Å². The highest BCUT2D eigenvalue weighted by molar-refractivity contribution is 5.94. The van der Waals surface area contributed by atoms with Gasteiger partial charge in [-0.05, 0) is 42.7 Å². The van der Waals surface area contributed by atoms with Gasteiger partial charge in [-0.1, -0.05) is 36.4 Å². The third-order valence-electron chi connectivity index (χ3n) is 3.66. The molecule has 2 aromatic rings. The fourth-order valence-corrected chi connectivity index (χ4v) is 2.27. The van der Waals surface area contributed by atoms with Crippen LogP contribution >= 0.6 is 12.4 Å². The van der Waals surface area contributed by atoms with Crippen LogP contribution in [-0.2, 0) is 6.54 Å². The van der Waals surface area contributed by atoms with E-state index in [4.69, 9.17) is 5.73 Å². The molecule has 0 aliphatic heterocycles. The lowest BCUT2D eigenvalue weighted by molar-refractivity contribution is 0.0748. The summed E-state index contributed by atoms with van der Waals surface area (Å²) >= 11 is 0. The monoisotopic (exact) mass is 318 g/mol. The minimum absolute atomic E-state index is 0. The van der Waals surface area contributed by atoms with Crippen LogP contribution in [0.25, 0.3) is 0 Å². The Morgan fingerprint density at radius 1 is 1.05 bits per heavy atom. The van der Waals surface area contributed by atoms with Crippen molar-refractivity contribution in [1.82, 2.24) is 4.90 Å². The molecule has 22 heavy (non-hydrogen) atoms. The summed E-state index contributed by atoms with van der Waals surface area (Å²) in [6, 6.07) is 15.8. The molecule has 2 rings (SSSR count). The van der Waals surface area contributed by atoms with Gasteiger partial charge in [0.05, 0.1) is 0 Å². The highest BCUT2D eigenvalue weighted by atomic mass is 35.5. The van der Waals surface area contributed by atoms with Crippen LogP contribution in [0, 0.1) is 13.8 Å². The van der Waals surface area contributed by atoms with Gasteiger partial charge in [-0.25, -0.2) is 0 Å². The molecule has 0 aromatic heterocycles. The van der Waals surface area contributed by atoms with Gasteiger partial charge >= 0.3 is 0 Å². The summed E-state index contributed by atoms with van der Waals surface area (Å²) in [6.45, 7) is 5.68. The third kappa shape index (κ3) is 4.58. The second-order valence-corrected chi connectivity index (χ2v) is 5.30. The van der Waals surface area contributed by atoms with Crippen LogP contribution in [-0.4, -0.2) is 23.9 Å². The van der Waals surface area contributed by atoms with Crippen LogP contribution in [0.1, 0.15) is 27.0 Å². The quantitative estimate of drug-likeness (QED) is 0.919. The molecule has 4 heteroatoms. The van der Waals surface area contributed by atoms with Crippen LogP contribution in [0.4, 0.5) is 0 Å². The van der Waals surface area contributed by atoms with Gasteiger partial charge in [-0.15, -0.1) is 12.4 Å². The van der Waals surface area contributed by atoms with Crippen LogP contribution in [0.15, 0.2) is 48.5 Å². The number of carbonyl (C=O) groups excluding carboxylic acids is 1. The van der Waals surface area contributed by atoms with E-state index in [1.54, 1.807) is 4.90 Å². The zero-order chi connectivity index (χ0) is 15.2. The molecule has 0 spiro atoms. The second kappa shape index (κ2) is 8.57. The van der Waals surface area contributed by atoms with Gasteiger partial charge in [0.15, 0.2) is 0 Å². The second-order valence-electron chi connectivity index (χ2n) is 5.30. The number of carbonyl (C=O) groups is 1. The first-order valence-corrected chi connectivity index (χ1v) is 7.22. The van der Waals surface area contributed by atoms with Gasteiger partial charge in [0.1, 0.15) is 0 Å². The Morgan fingerprint density at radius 2 is 1.73 bits per heavy atom. The maximum absolute atomic E-state index is 12.7. The minimum Gasteiger partial charge on any atom is -0.333 e. The molecule has 2 N–H and O–H groups in total. The average molecular weight is 319 g/mol. The van der Waals surface area contributed by atoms with E-state index in [1.165, 1.54) is 5.56 Å². The molecule has 3 nitrogen and oxygen atoms in total. The third-order valence-corrected chi connectivity index (χ3v) is 3.66. The molecule has 0 bridgehead atoms. The van der Waals surface area contributed by atoms with Gasteiger partial charge in [0.2, 0.25) is 0 Å². The summed E-state index contributed by atoms with van der Waals surface area (Å²) in [5.74, 6) is 0.0346. The van der Waals surface area contributed by atoms with Gasteiger partial charge in [0, 0.05) is 25.2 Å². The number of hydrogen-bond donors (Lipinski definition) is 1. The van der Waals surface area contributed by atoms with E-state index in [-0.39, 0.29) is 18.3 Å². The number of nitrogens with zero attached hydrogens (tertiary/aromatic N) is 1. The molecule has 0 radical (unpaired) electrons. The van der Waals surface area contributed by atoms with Crippen molar-refractivity contribution in [1.29, 1.82) is 0 Å². The SMILES string of the molecule is Cc1ccc(C(=O)N(CCN)Cc2ccccc2)cc1C.Cl. The Bertz CT molecular complexity index is 614. The maximum atomic E-state index is 12.7. The fraction of sp³-hybridized carbons (Fsp3) is 0.278. The van der Waals surface area contributed by atoms with E-state index in [2.05, 4.69) is 0 Å². The topological polar surface area (TPSA) is 46.3 Å². The Kier molecular flexibility index (Phi) is 7.09. The van der Waals surface area contributed by atoms with E-state index in [1.807, 2.05) is 62.4 Å². The Hall–Kier alpha value is -1.84. The first-order chi connectivity index (χ1) is 10.1. The molecule has 0 fully saturated rings. The number of halogens is 1. The molecular weight excluding hydrogens is 296 g/mol. The van der Waals surface area contributed by atoms with Gasteiger partial charge in [-0.2, -0.15) is 0 Å². The van der Waals surface area contributed by atoms with E-state index >= 15 is 0 Å². The van der Waals surface area contributed by atoms with Crippen LogP contribution in [0.5, 0.6) is 0 Å². The van der Waals surface area contributed by atoms with E-state index in [9.17, 15) is 4.79 Å². The van der Waals surface area contributed by atoms with E-state index in [0.717, 1.165) is 16.7 Å². The first-order valence-electron chi connectivity index (χ1n) is 7.22. The first kappa shape index (κ1) is 18.2. The largest absolute Gasteiger partial charge is 0.333 e. The van der Waals surface area contributed by atoms with Crippen molar-refractivity contribution in [3.63, 3.8) is 0 Å². The normalized spacial score (nSPS) is 9.95. The molecule has 0 saturated carbocycles. The number of amides is 1. The smallest absolute Gasteiger partial charge is 0.254 e. The van der Waals surface area contributed by atoms with Gasteiger partial charge < -0.3 is 10.6 Å². The molecule has 0 saturated heterocycles. The molecule has 0 aliphatic rings. The lowest BCUT2D eigenvalue weighted by atomic mass is 10.1. The van der Waals surface area contributed by atoms with Crippen molar-refractivity contribution in [3.8, 4) is 0 Å². The molecule has 0 heterocycles. The molecule has 1 amide bonds. The standard InChI is InChI=1S/C18H22N2O.ClH/c1-14-8-9-17(12-15(14)2)18(21)20(11-10-19)13-16-6-4-3-5-7-16;/h3-9,12H,10-11,13,19H2,1-2H3;1H. The summed E-state index contributed by atoms with van der Waals surface area (Å²) in [7, 11) is 0. The van der Waals surface area contributed by atoms with Crippen molar-refractivity contribution in [2.45, 2.75) is 20.4 Å². The number of aryl methyl sites for hydroxylation is 2. The van der Waals surface area contributed by atoms with Crippen molar-refractivity contribution in [2.24, 2.45) is 5.73 Å². The number of nitrogens with two attached hydrogens (primary N) is 1. The molecule has 0 aliphatic carbocycles. The van der Waals surface area contributed by atoms with E-state index in [0.29, 0.717) is 19.6 Å². The predicted molar refractivity (Wildman–Crippen MR) is 93.4 cm³/mol. The predicted octanol–water partition coefficient (Wildman–Crippen LogP) is 3.33. The number of rotatable bonds is 5. The van der Waals surface area contributed by atoms with Crippen molar-refractivity contribution < 1.29 is 4.79 Å². The molecule has 0 unspecified atom stereocenters. The summed E-state index contributed by atoms with van der Waals surface area (Å²) in [6.07, 6.45) is 0. The van der Waals surface area contributed by atoms with E-state index < -0.39 is 0 Å². The summed E-state index contributed by atoms with van der Waals surface area (Å²) in [5.41, 5.74) is 9.82. The average Bonchev–Trinajstić information content (AvgIpc) is 2.50. The Labute approximate surface area is 138 Å². The molecule has 118 valence electrons. The van der Waals surface area contributed by atoms with Crippen molar-refractivity contribution >= 4 is 18.3 Å². The molecule has 0 atom stereocenters. The lowest BCUT2D eigenvalue weighted by Gasteiger charge is -2.22. The lowest BCUT2D eigenvalue weighted by Crippen LogP contribution is -2.34. The number of hydrogen-bond acceptors (Lipinski definition) is 2. The Balaban J connectivity index is 0.00000242. The van der Waals surface area contributed by atoms with Gasteiger partial charge in [-0.3, -0.25) is 4.79 Å². The van der Waals surface area contributed by atoms with Crippen molar-refractivity contribution in [2.75, 3.05) is 13.1 Å². The molecule has 2 aromatic carbocycles. The summed E-state index contributed by atoms with van der Waals surface area (Å²) in [4.78, 5) is 14.5.